The van der Waals surface area contributed by atoms with E-state index in [1.165, 1.54) is 12.3 Å². The molecule has 1 atom stereocenters. The summed E-state index contributed by atoms with van der Waals surface area (Å²) in [5.74, 6) is -2.49. The number of fused-ring (bicyclic) bond motifs is 3. The zero-order chi connectivity index (χ0) is 20.1. The van der Waals surface area contributed by atoms with Crippen LogP contribution in [0.5, 0.6) is 0 Å². The lowest BCUT2D eigenvalue weighted by Crippen LogP contribution is -2.47. The Labute approximate surface area is 156 Å². The summed E-state index contributed by atoms with van der Waals surface area (Å²) in [5, 5.41) is 9.94. The van der Waals surface area contributed by atoms with E-state index in [-0.39, 0.29) is 18.7 Å². The summed E-state index contributed by atoms with van der Waals surface area (Å²) in [5.41, 5.74) is 0.0300. The molecule has 0 aliphatic carbocycles. The number of rotatable bonds is 2. The van der Waals surface area contributed by atoms with Gasteiger partial charge in [-0.1, -0.05) is 18.2 Å². The molecule has 28 heavy (non-hydrogen) atoms. The number of carbonyl (C=O) groups is 2. The average Bonchev–Trinajstić information content (AvgIpc) is 3.04. The number of carboxylic acids is 1. The normalized spacial score (nSPS) is 16.8. The van der Waals surface area contributed by atoms with Crippen molar-refractivity contribution in [1.82, 2.24) is 14.9 Å². The van der Waals surface area contributed by atoms with Crippen molar-refractivity contribution >= 4 is 22.8 Å². The van der Waals surface area contributed by atoms with Gasteiger partial charge in [0.05, 0.1) is 11.3 Å². The maximum absolute atomic E-state index is 14.0. The maximum atomic E-state index is 14.0. The van der Waals surface area contributed by atoms with Crippen LogP contribution in [-0.2, 0) is 6.42 Å². The van der Waals surface area contributed by atoms with Crippen LogP contribution >= 0.6 is 0 Å². The number of nitrogens with one attached hydrogen (secondary N) is 1. The second-order valence-corrected chi connectivity index (χ2v) is 6.46. The summed E-state index contributed by atoms with van der Waals surface area (Å²) in [4.78, 5) is 31.4. The van der Waals surface area contributed by atoms with E-state index in [0.717, 1.165) is 6.07 Å². The zero-order valence-electron chi connectivity index (χ0n) is 14.3. The number of aromatic nitrogens is 2. The van der Waals surface area contributed by atoms with E-state index in [4.69, 9.17) is 0 Å². The Bertz CT molecular complexity index is 1090. The van der Waals surface area contributed by atoms with Crippen LogP contribution in [0, 0.1) is 0 Å². The van der Waals surface area contributed by atoms with E-state index in [1.807, 2.05) is 0 Å². The Kier molecular flexibility index (Phi) is 4.10. The quantitative estimate of drug-likeness (QED) is 0.702. The monoisotopic (exact) mass is 389 g/mol. The Morgan fingerprint density at radius 1 is 1.18 bits per heavy atom. The third-order valence-electron chi connectivity index (χ3n) is 4.85. The highest BCUT2D eigenvalue weighted by atomic mass is 19.4. The highest BCUT2D eigenvalue weighted by molar-refractivity contribution is 6.03. The first-order valence-electron chi connectivity index (χ1n) is 8.44. The molecule has 0 unspecified atom stereocenters. The van der Waals surface area contributed by atoms with E-state index >= 15 is 0 Å². The van der Waals surface area contributed by atoms with Gasteiger partial charge in [-0.2, -0.15) is 13.2 Å². The van der Waals surface area contributed by atoms with Gasteiger partial charge >= 0.3 is 12.1 Å². The van der Waals surface area contributed by atoms with Crippen LogP contribution in [-0.4, -0.2) is 44.6 Å². The lowest BCUT2D eigenvalue weighted by Gasteiger charge is -2.36. The first kappa shape index (κ1) is 18.0. The van der Waals surface area contributed by atoms with Crippen molar-refractivity contribution in [3.05, 3.63) is 65.1 Å². The summed E-state index contributed by atoms with van der Waals surface area (Å²) in [7, 11) is 0. The SMILES string of the molecule is O=C(O)c1cccnc1C(=O)N1CCc2c([nH]c3ccccc23)[C@@H]1C(F)(F)F. The third-order valence-corrected chi connectivity index (χ3v) is 4.85. The molecule has 0 fully saturated rings. The Balaban J connectivity index is 1.84. The fourth-order valence-electron chi connectivity index (χ4n) is 3.68. The molecule has 1 aliphatic heterocycles. The first-order chi connectivity index (χ1) is 13.3. The average molecular weight is 389 g/mol. The van der Waals surface area contributed by atoms with E-state index in [0.29, 0.717) is 21.4 Å². The number of halogens is 3. The minimum Gasteiger partial charge on any atom is -0.478 e. The maximum Gasteiger partial charge on any atom is 0.414 e. The summed E-state index contributed by atoms with van der Waals surface area (Å²) in [6.07, 6.45) is -3.35. The van der Waals surface area contributed by atoms with Gasteiger partial charge in [-0.15, -0.1) is 0 Å². The number of hydrogen-bond acceptors (Lipinski definition) is 3. The van der Waals surface area contributed by atoms with Crippen LogP contribution in [0.15, 0.2) is 42.6 Å². The van der Waals surface area contributed by atoms with E-state index in [9.17, 15) is 27.9 Å². The molecular formula is C19H14F3N3O3. The highest BCUT2D eigenvalue weighted by Gasteiger charge is 2.51. The molecule has 0 spiro atoms. The fourth-order valence-corrected chi connectivity index (χ4v) is 3.68. The second-order valence-electron chi connectivity index (χ2n) is 6.46. The van der Waals surface area contributed by atoms with Gasteiger partial charge in [-0.3, -0.25) is 9.78 Å². The molecule has 0 saturated heterocycles. The van der Waals surface area contributed by atoms with Crippen LogP contribution in [0.2, 0.25) is 0 Å². The molecule has 6 nitrogen and oxygen atoms in total. The van der Waals surface area contributed by atoms with Crippen LogP contribution < -0.4 is 0 Å². The van der Waals surface area contributed by atoms with Crippen molar-refractivity contribution < 1.29 is 27.9 Å². The van der Waals surface area contributed by atoms with Crippen LogP contribution in [0.3, 0.4) is 0 Å². The van der Waals surface area contributed by atoms with E-state index in [2.05, 4.69) is 9.97 Å². The van der Waals surface area contributed by atoms with Crippen LogP contribution in [0.1, 0.15) is 38.1 Å². The zero-order valence-corrected chi connectivity index (χ0v) is 14.3. The number of nitrogens with zero attached hydrogens (tertiary/aromatic N) is 2. The van der Waals surface area contributed by atoms with Gasteiger partial charge in [0.15, 0.2) is 6.04 Å². The number of alkyl halides is 3. The summed E-state index contributed by atoms with van der Waals surface area (Å²) in [6, 6.07) is 7.11. The Morgan fingerprint density at radius 3 is 2.64 bits per heavy atom. The van der Waals surface area contributed by atoms with Crippen molar-refractivity contribution in [3.8, 4) is 0 Å². The number of aromatic carboxylic acids is 1. The summed E-state index contributed by atoms with van der Waals surface area (Å²) < 4.78 is 41.9. The molecule has 9 heteroatoms. The standard InChI is InChI=1S/C19H14F3N3O3/c20-19(21,22)16-14-11(10-4-1-2-6-13(10)24-14)7-9-25(16)17(26)15-12(18(27)28)5-3-8-23-15/h1-6,8,16,24H,7,9H2,(H,27,28)/t16-/m1/s1. The third kappa shape index (κ3) is 2.79. The Morgan fingerprint density at radius 2 is 1.93 bits per heavy atom. The van der Waals surface area contributed by atoms with Gasteiger partial charge in [-0.05, 0) is 30.2 Å². The smallest absolute Gasteiger partial charge is 0.414 e. The molecule has 0 saturated carbocycles. The van der Waals surface area contributed by atoms with Gasteiger partial charge in [0, 0.05) is 23.6 Å². The number of carboxylic acid groups (broad SMARTS) is 1. The van der Waals surface area contributed by atoms with Gasteiger partial charge in [0.2, 0.25) is 0 Å². The van der Waals surface area contributed by atoms with Gasteiger partial charge in [0.1, 0.15) is 5.69 Å². The number of para-hydroxylation sites is 1. The number of benzene rings is 1. The van der Waals surface area contributed by atoms with Gasteiger partial charge in [-0.25, -0.2) is 4.79 Å². The van der Waals surface area contributed by atoms with Crippen LogP contribution in [0.4, 0.5) is 13.2 Å². The van der Waals surface area contributed by atoms with E-state index < -0.39 is 35.4 Å². The molecular weight excluding hydrogens is 375 g/mol. The molecule has 2 aromatic heterocycles. The molecule has 1 aromatic carbocycles. The van der Waals surface area contributed by atoms with E-state index in [1.54, 1.807) is 24.3 Å². The van der Waals surface area contributed by atoms with Gasteiger partial charge < -0.3 is 15.0 Å². The highest BCUT2D eigenvalue weighted by Crippen LogP contribution is 2.44. The minimum absolute atomic E-state index is 0.0962. The molecule has 3 aromatic rings. The molecule has 1 amide bonds. The second kappa shape index (κ2) is 6.36. The molecule has 0 radical (unpaired) electrons. The molecule has 3 heterocycles. The van der Waals surface area contributed by atoms with Crippen molar-refractivity contribution in [2.24, 2.45) is 0 Å². The summed E-state index contributed by atoms with van der Waals surface area (Å²) >= 11 is 0. The molecule has 1 aliphatic rings. The van der Waals surface area contributed by atoms with Crippen molar-refractivity contribution in [2.45, 2.75) is 18.6 Å². The topological polar surface area (TPSA) is 86.3 Å². The molecule has 4 rings (SSSR count). The molecule has 144 valence electrons. The lowest BCUT2D eigenvalue weighted by molar-refractivity contribution is -0.182. The number of carbonyl (C=O) groups excluding carboxylic acids is 1. The minimum atomic E-state index is -4.75. The molecule has 0 bridgehead atoms. The lowest BCUT2D eigenvalue weighted by atomic mass is 9.96. The number of aromatic amines is 1. The number of pyridine rings is 1. The fraction of sp³-hybridized carbons (Fsp3) is 0.211. The molecule has 2 N–H and O–H groups in total. The Hall–Kier alpha value is -3.36. The predicted octanol–water partition coefficient (Wildman–Crippen LogP) is 3.56. The number of hydrogen-bond donors (Lipinski definition) is 2. The first-order valence-corrected chi connectivity index (χ1v) is 8.44. The van der Waals surface area contributed by atoms with Crippen LogP contribution in [0.25, 0.3) is 10.9 Å². The number of H-pyrrole nitrogens is 1. The van der Waals surface area contributed by atoms with Gasteiger partial charge in [0.25, 0.3) is 5.91 Å². The van der Waals surface area contributed by atoms with Crippen molar-refractivity contribution in [3.63, 3.8) is 0 Å². The van der Waals surface area contributed by atoms with Crippen molar-refractivity contribution in [2.75, 3.05) is 6.54 Å². The predicted molar refractivity (Wildman–Crippen MR) is 93.0 cm³/mol. The largest absolute Gasteiger partial charge is 0.478 e. The summed E-state index contributed by atoms with van der Waals surface area (Å²) in [6.45, 7) is -0.201. The number of amides is 1. The van der Waals surface area contributed by atoms with Crippen molar-refractivity contribution in [1.29, 1.82) is 0 Å².